The van der Waals surface area contributed by atoms with E-state index in [0.717, 1.165) is 25.5 Å². The molecule has 0 aromatic heterocycles. The zero-order valence-electron chi connectivity index (χ0n) is 14.7. The van der Waals surface area contributed by atoms with Crippen LogP contribution in [0.15, 0.2) is 0 Å². The summed E-state index contributed by atoms with van der Waals surface area (Å²) in [5.41, 5.74) is -0.588. The highest BCUT2D eigenvalue weighted by molar-refractivity contribution is 5.83. The molecule has 3 rings (SSSR count). The minimum Gasteiger partial charge on any atom is -0.457 e. The van der Waals surface area contributed by atoms with Crippen molar-refractivity contribution >= 4 is 18.2 Å². The Morgan fingerprint density at radius 1 is 1.17 bits per heavy atom. The molecule has 0 aromatic rings. The molecule has 0 aliphatic heterocycles. The van der Waals surface area contributed by atoms with Crippen LogP contribution in [0.4, 0.5) is 0 Å². The van der Waals surface area contributed by atoms with Crippen LogP contribution in [-0.2, 0) is 28.6 Å². The highest BCUT2D eigenvalue weighted by Gasteiger charge is 2.64. The maximum atomic E-state index is 12.1. The summed E-state index contributed by atoms with van der Waals surface area (Å²) in [4.78, 5) is 35.3. The average Bonchev–Trinajstić information content (AvgIpc) is 2.86. The van der Waals surface area contributed by atoms with Gasteiger partial charge in [-0.25, -0.2) is 4.79 Å². The minimum atomic E-state index is -0.548. The number of rotatable bonds is 6. The normalized spacial score (nSPS) is 41.8. The Balaban J connectivity index is 1.51. The lowest BCUT2D eigenvalue weighted by Crippen LogP contribution is -2.42. The molecule has 0 saturated heterocycles. The van der Waals surface area contributed by atoms with Crippen LogP contribution < -0.4 is 0 Å². The van der Waals surface area contributed by atoms with Crippen LogP contribution >= 0.6 is 0 Å². The van der Waals surface area contributed by atoms with Crippen molar-refractivity contribution in [1.29, 1.82) is 0 Å². The summed E-state index contributed by atoms with van der Waals surface area (Å²) >= 11 is 0. The number of hydrogen-bond acceptors (Lipinski definition) is 6. The zero-order chi connectivity index (χ0) is 17.7. The third kappa shape index (κ3) is 2.65. The first-order chi connectivity index (χ1) is 11.2. The summed E-state index contributed by atoms with van der Waals surface area (Å²) in [6.07, 6.45) is 2.71. The molecule has 2 bridgehead atoms. The van der Waals surface area contributed by atoms with Gasteiger partial charge < -0.3 is 19.0 Å². The molecule has 0 amide bonds. The third-order valence-corrected chi connectivity index (χ3v) is 6.56. The van der Waals surface area contributed by atoms with Gasteiger partial charge in [-0.3, -0.25) is 4.79 Å². The van der Waals surface area contributed by atoms with Crippen molar-refractivity contribution in [1.82, 2.24) is 0 Å². The first-order valence-electron chi connectivity index (χ1n) is 8.58. The summed E-state index contributed by atoms with van der Waals surface area (Å²) in [7, 11) is 1.57. The van der Waals surface area contributed by atoms with E-state index in [1.54, 1.807) is 7.11 Å². The summed E-state index contributed by atoms with van der Waals surface area (Å²) in [6.45, 7) is 5.51. The first-order valence-corrected chi connectivity index (χ1v) is 8.58. The maximum Gasteiger partial charge on any atom is 0.344 e. The van der Waals surface area contributed by atoms with Crippen molar-refractivity contribution in [3.8, 4) is 0 Å². The van der Waals surface area contributed by atoms with E-state index >= 15 is 0 Å². The molecule has 134 valence electrons. The van der Waals surface area contributed by atoms with E-state index in [-0.39, 0.29) is 48.0 Å². The average molecular weight is 338 g/mol. The molecule has 6 unspecified atom stereocenters. The van der Waals surface area contributed by atoms with E-state index in [1.807, 2.05) is 20.8 Å². The van der Waals surface area contributed by atoms with Gasteiger partial charge in [0.15, 0.2) is 6.61 Å². The molecule has 0 heterocycles. The van der Waals surface area contributed by atoms with Crippen molar-refractivity contribution in [3.63, 3.8) is 0 Å². The Bertz CT molecular complexity index is 556. The van der Waals surface area contributed by atoms with Gasteiger partial charge in [-0.1, -0.05) is 13.8 Å². The van der Waals surface area contributed by atoms with Crippen LogP contribution in [0, 0.1) is 28.6 Å². The summed E-state index contributed by atoms with van der Waals surface area (Å²) < 4.78 is 16.1. The monoisotopic (exact) mass is 338 g/mol. The number of fused-ring (bicyclic) bond motifs is 2. The summed E-state index contributed by atoms with van der Waals surface area (Å²) in [5.74, 6) is -0.641. The maximum absolute atomic E-state index is 12.1. The van der Waals surface area contributed by atoms with Crippen molar-refractivity contribution in [3.05, 3.63) is 0 Å². The number of methoxy groups -OCH3 is 1. The van der Waals surface area contributed by atoms with Gasteiger partial charge >= 0.3 is 11.9 Å². The van der Waals surface area contributed by atoms with Crippen LogP contribution in [0.25, 0.3) is 0 Å². The molecule has 6 atom stereocenters. The number of aldehydes is 1. The molecule has 24 heavy (non-hydrogen) atoms. The molecule has 0 N–H and O–H groups in total. The van der Waals surface area contributed by atoms with Gasteiger partial charge in [0, 0.05) is 13.0 Å². The van der Waals surface area contributed by atoms with E-state index in [2.05, 4.69) is 0 Å². The second kappa shape index (κ2) is 5.83. The van der Waals surface area contributed by atoms with Gasteiger partial charge in [0.25, 0.3) is 0 Å². The van der Waals surface area contributed by atoms with E-state index in [4.69, 9.17) is 14.2 Å². The second-order valence-electron chi connectivity index (χ2n) is 8.32. The number of esters is 2. The summed E-state index contributed by atoms with van der Waals surface area (Å²) in [6, 6.07) is 0. The SMILES string of the molecule is COC1C2CC(CC2C=O)C1OC(=O)COC(=O)C1(C)CC1(C)C. The molecule has 0 aromatic carbocycles. The van der Waals surface area contributed by atoms with E-state index in [0.29, 0.717) is 0 Å². The molecule has 3 aliphatic carbocycles. The van der Waals surface area contributed by atoms with Gasteiger partial charge in [-0.15, -0.1) is 0 Å². The third-order valence-electron chi connectivity index (χ3n) is 6.56. The van der Waals surface area contributed by atoms with Gasteiger partial charge in [0.1, 0.15) is 12.4 Å². The zero-order valence-corrected chi connectivity index (χ0v) is 14.7. The van der Waals surface area contributed by atoms with Crippen LogP contribution in [-0.4, -0.2) is 44.1 Å². The van der Waals surface area contributed by atoms with Gasteiger partial charge in [0.05, 0.1) is 11.5 Å². The summed E-state index contributed by atoms with van der Waals surface area (Å²) in [5, 5.41) is 0. The van der Waals surface area contributed by atoms with Crippen LogP contribution in [0.5, 0.6) is 0 Å². The van der Waals surface area contributed by atoms with E-state index < -0.39 is 11.4 Å². The Morgan fingerprint density at radius 2 is 1.83 bits per heavy atom. The van der Waals surface area contributed by atoms with Crippen molar-refractivity contribution in [2.24, 2.45) is 28.6 Å². The smallest absolute Gasteiger partial charge is 0.344 e. The largest absolute Gasteiger partial charge is 0.457 e. The Labute approximate surface area is 142 Å². The van der Waals surface area contributed by atoms with Crippen molar-refractivity contribution < 1.29 is 28.6 Å². The number of carbonyl (C=O) groups is 3. The highest BCUT2D eigenvalue weighted by Crippen LogP contribution is 2.63. The van der Waals surface area contributed by atoms with Crippen molar-refractivity contribution in [2.75, 3.05) is 13.7 Å². The lowest BCUT2D eigenvalue weighted by molar-refractivity contribution is -0.173. The lowest BCUT2D eigenvalue weighted by Gasteiger charge is -2.32. The molecule has 6 heteroatoms. The number of hydrogen-bond donors (Lipinski definition) is 0. The van der Waals surface area contributed by atoms with Gasteiger partial charge in [-0.05, 0) is 43.4 Å². The Kier molecular flexibility index (Phi) is 4.22. The van der Waals surface area contributed by atoms with Gasteiger partial charge in [0.2, 0.25) is 0 Å². The standard InChI is InChI=1S/C18H26O6/c1-17(2)9-18(17,3)16(21)23-8-13(20)24-14-10-5-11(7-19)12(6-10)15(14)22-4/h7,10-12,14-15H,5-6,8-9H2,1-4H3. The van der Waals surface area contributed by atoms with Crippen LogP contribution in [0.2, 0.25) is 0 Å². The minimum absolute atomic E-state index is 0.00947. The molecule has 3 aliphatic rings. The van der Waals surface area contributed by atoms with E-state index in [1.165, 1.54) is 0 Å². The molecule has 3 saturated carbocycles. The molecular formula is C18H26O6. The molecule has 0 radical (unpaired) electrons. The Hall–Kier alpha value is -1.43. The van der Waals surface area contributed by atoms with E-state index in [9.17, 15) is 14.4 Å². The molecule has 0 spiro atoms. The van der Waals surface area contributed by atoms with Crippen molar-refractivity contribution in [2.45, 2.75) is 52.2 Å². The van der Waals surface area contributed by atoms with Crippen LogP contribution in [0.1, 0.15) is 40.0 Å². The molecular weight excluding hydrogens is 312 g/mol. The Morgan fingerprint density at radius 3 is 2.38 bits per heavy atom. The lowest BCUT2D eigenvalue weighted by atomic mass is 9.86. The highest BCUT2D eigenvalue weighted by atomic mass is 16.6. The predicted octanol–water partition coefficient (Wildman–Crippen LogP) is 1.75. The quantitative estimate of drug-likeness (QED) is 0.542. The van der Waals surface area contributed by atoms with Crippen LogP contribution in [0.3, 0.4) is 0 Å². The number of carbonyl (C=O) groups excluding carboxylic acids is 3. The first kappa shape index (κ1) is 17.4. The second-order valence-corrected chi connectivity index (χ2v) is 8.32. The fraction of sp³-hybridized carbons (Fsp3) is 0.833. The topological polar surface area (TPSA) is 78.9 Å². The molecule has 6 nitrogen and oxygen atoms in total. The molecule has 3 fully saturated rings. The predicted molar refractivity (Wildman–Crippen MR) is 83.9 cm³/mol. The van der Waals surface area contributed by atoms with Gasteiger partial charge in [-0.2, -0.15) is 0 Å². The number of ether oxygens (including phenoxy) is 3. The fourth-order valence-corrected chi connectivity index (χ4v) is 4.59. The fourth-order valence-electron chi connectivity index (χ4n) is 4.59.